The van der Waals surface area contributed by atoms with E-state index in [1.165, 1.54) is 6.08 Å². The Morgan fingerprint density at radius 1 is 1.10 bits per heavy atom. The third-order valence-electron chi connectivity index (χ3n) is 2.98. The van der Waals surface area contributed by atoms with E-state index in [2.05, 4.69) is 5.32 Å². The predicted molar refractivity (Wildman–Crippen MR) is 80.1 cm³/mol. The molecule has 0 aliphatic carbocycles. The van der Waals surface area contributed by atoms with Crippen molar-refractivity contribution in [3.63, 3.8) is 0 Å². The van der Waals surface area contributed by atoms with Crippen molar-refractivity contribution in [2.75, 3.05) is 0 Å². The van der Waals surface area contributed by atoms with Gasteiger partial charge in [-0.1, -0.05) is 42.5 Å². The molecule has 102 valence electrons. The molecule has 0 radical (unpaired) electrons. The smallest absolute Gasteiger partial charge is 0.244 e. The predicted octanol–water partition coefficient (Wildman–Crippen LogP) is 3.28. The van der Waals surface area contributed by atoms with Gasteiger partial charge in [0.15, 0.2) is 0 Å². The highest BCUT2D eigenvalue weighted by molar-refractivity contribution is 5.91. The molecule has 0 fully saturated rings. The van der Waals surface area contributed by atoms with Crippen LogP contribution in [0, 0.1) is 0 Å². The zero-order valence-corrected chi connectivity index (χ0v) is 11.3. The summed E-state index contributed by atoms with van der Waals surface area (Å²) in [6, 6.07) is 16.4. The first-order valence-electron chi connectivity index (χ1n) is 6.48. The van der Waals surface area contributed by atoms with E-state index in [0.717, 1.165) is 11.1 Å². The summed E-state index contributed by atoms with van der Waals surface area (Å²) in [6.45, 7) is 1.95. The van der Waals surface area contributed by atoms with Gasteiger partial charge in [-0.2, -0.15) is 0 Å². The summed E-state index contributed by atoms with van der Waals surface area (Å²) in [5.41, 5.74) is 1.93. The fourth-order valence-corrected chi connectivity index (χ4v) is 1.84. The molecule has 0 bridgehead atoms. The molecule has 0 aromatic heterocycles. The first-order chi connectivity index (χ1) is 9.65. The second-order valence-electron chi connectivity index (χ2n) is 4.57. The van der Waals surface area contributed by atoms with Crippen LogP contribution in [0.15, 0.2) is 60.7 Å². The molecule has 3 nitrogen and oxygen atoms in total. The molecule has 0 spiro atoms. The van der Waals surface area contributed by atoms with Gasteiger partial charge in [-0.05, 0) is 36.3 Å². The molecule has 0 heterocycles. The summed E-state index contributed by atoms with van der Waals surface area (Å²) in [4.78, 5) is 11.8. The normalized spacial score (nSPS) is 12.2. The number of phenols is 1. The lowest BCUT2D eigenvalue weighted by atomic mass is 10.1. The topological polar surface area (TPSA) is 49.3 Å². The van der Waals surface area contributed by atoms with Crippen molar-refractivity contribution in [1.29, 1.82) is 0 Å². The highest BCUT2D eigenvalue weighted by atomic mass is 16.3. The number of nitrogens with one attached hydrogen (secondary N) is 1. The van der Waals surface area contributed by atoms with Crippen LogP contribution in [0.25, 0.3) is 6.08 Å². The maximum Gasteiger partial charge on any atom is 0.244 e. The van der Waals surface area contributed by atoms with Gasteiger partial charge in [0.05, 0.1) is 6.04 Å². The van der Waals surface area contributed by atoms with Gasteiger partial charge in [0.2, 0.25) is 5.91 Å². The van der Waals surface area contributed by atoms with Crippen LogP contribution >= 0.6 is 0 Å². The van der Waals surface area contributed by atoms with Crippen molar-refractivity contribution in [3.05, 3.63) is 71.8 Å². The van der Waals surface area contributed by atoms with E-state index in [4.69, 9.17) is 0 Å². The van der Waals surface area contributed by atoms with Crippen LogP contribution in [-0.2, 0) is 4.79 Å². The number of aromatic hydroxyl groups is 1. The summed E-state index contributed by atoms with van der Waals surface area (Å²) in [7, 11) is 0. The maximum atomic E-state index is 11.8. The number of amides is 1. The highest BCUT2D eigenvalue weighted by Gasteiger charge is 2.06. The SMILES string of the molecule is CC(NC(=O)/C=C/c1ccc(O)cc1)c1ccccc1. The van der Waals surface area contributed by atoms with E-state index in [-0.39, 0.29) is 17.7 Å². The van der Waals surface area contributed by atoms with Crippen molar-refractivity contribution < 1.29 is 9.90 Å². The van der Waals surface area contributed by atoms with E-state index in [9.17, 15) is 9.90 Å². The number of carbonyl (C=O) groups is 1. The molecular weight excluding hydrogens is 250 g/mol. The second-order valence-corrected chi connectivity index (χ2v) is 4.57. The minimum atomic E-state index is -0.144. The van der Waals surface area contributed by atoms with E-state index in [1.54, 1.807) is 30.3 Å². The molecule has 0 saturated carbocycles. The minimum Gasteiger partial charge on any atom is -0.508 e. The summed E-state index contributed by atoms with van der Waals surface area (Å²) >= 11 is 0. The Labute approximate surface area is 118 Å². The van der Waals surface area contributed by atoms with Crippen LogP contribution in [0.1, 0.15) is 24.1 Å². The van der Waals surface area contributed by atoms with E-state index in [1.807, 2.05) is 37.3 Å². The van der Waals surface area contributed by atoms with Crippen LogP contribution in [0.4, 0.5) is 0 Å². The molecule has 2 N–H and O–H groups in total. The van der Waals surface area contributed by atoms with Crippen LogP contribution in [0.3, 0.4) is 0 Å². The van der Waals surface area contributed by atoms with Gasteiger partial charge in [0, 0.05) is 6.08 Å². The van der Waals surface area contributed by atoms with Crippen molar-refractivity contribution in [2.45, 2.75) is 13.0 Å². The fourth-order valence-electron chi connectivity index (χ4n) is 1.84. The molecule has 1 unspecified atom stereocenters. The zero-order chi connectivity index (χ0) is 14.4. The molecule has 2 rings (SSSR count). The van der Waals surface area contributed by atoms with E-state index in [0.29, 0.717) is 0 Å². The number of phenolic OH excluding ortho intramolecular Hbond substituents is 1. The first-order valence-corrected chi connectivity index (χ1v) is 6.48. The lowest BCUT2D eigenvalue weighted by Crippen LogP contribution is -2.24. The van der Waals surface area contributed by atoms with Gasteiger partial charge >= 0.3 is 0 Å². The standard InChI is InChI=1S/C17H17NO2/c1-13(15-5-3-2-4-6-15)18-17(20)12-9-14-7-10-16(19)11-8-14/h2-13,19H,1H3,(H,18,20)/b12-9+. The number of benzene rings is 2. The van der Waals surface area contributed by atoms with Crippen LogP contribution in [0.2, 0.25) is 0 Å². The number of carbonyl (C=O) groups excluding carboxylic acids is 1. The molecule has 2 aromatic rings. The Balaban J connectivity index is 1.94. The van der Waals surface area contributed by atoms with Gasteiger partial charge in [0.1, 0.15) is 5.75 Å². The molecule has 0 saturated heterocycles. The minimum absolute atomic E-state index is 0.0341. The molecule has 0 aliphatic rings. The van der Waals surface area contributed by atoms with Gasteiger partial charge in [-0.25, -0.2) is 0 Å². The van der Waals surface area contributed by atoms with Crippen LogP contribution < -0.4 is 5.32 Å². The molecule has 1 amide bonds. The van der Waals surface area contributed by atoms with E-state index >= 15 is 0 Å². The molecule has 1 atom stereocenters. The van der Waals surface area contributed by atoms with Crippen molar-refractivity contribution in [3.8, 4) is 5.75 Å². The first kappa shape index (κ1) is 13.9. The van der Waals surface area contributed by atoms with Crippen molar-refractivity contribution in [1.82, 2.24) is 5.32 Å². The Bertz CT molecular complexity index is 588. The average molecular weight is 267 g/mol. The summed E-state index contributed by atoms with van der Waals surface area (Å²) in [5.74, 6) is 0.0683. The van der Waals surface area contributed by atoms with Gasteiger partial charge in [-0.15, -0.1) is 0 Å². The molecule has 20 heavy (non-hydrogen) atoms. The third-order valence-corrected chi connectivity index (χ3v) is 2.98. The Morgan fingerprint density at radius 2 is 1.75 bits per heavy atom. The average Bonchev–Trinajstić information content (AvgIpc) is 2.47. The monoisotopic (exact) mass is 267 g/mol. The number of hydrogen-bond donors (Lipinski definition) is 2. The molecular formula is C17H17NO2. The quantitative estimate of drug-likeness (QED) is 0.835. The molecule has 0 aliphatic heterocycles. The van der Waals surface area contributed by atoms with E-state index < -0.39 is 0 Å². The zero-order valence-electron chi connectivity index (χ0n) is 11.3. The molecule has 3 heteroatoms. The number of hydrogen-bond acceptors (Lipinski definition) is 2. The summed E-state index contributed by atoms with van der Waals surface area (Å²) in [6.07, 6.45) is 3.21. The van der Waals surface area contributed by atoms with Gasteiger partial charge in [0.25, 0.3) is 0 Å². The van der Waals surface area contributed by atoms with Crippen molar-refractivity contribution in [2.24, 2.45) is 0 Å². The largest absolute Gasteiger partial charge is 0.508 e. The summed E-state index contributed by atoms with van der Waals surface area (Å²) in [5, 5.41) is 12.1. The Hall–Kier alpha value is -2.55. The Morgan fingerprint density at radius 3 is 2.40 bits per heavy atom. The van der Waals surface area contributed by atoms with Crippen LogP contribution in [-0.4, -0.2) is 11.0 Å². The van der Waals surface area contributed by atoms with Gasteiger partial charge in [-0.3, -0.25) is 4.79 Å². The van der Waals surface area contributed by atoms with Crippen molar-refractivity contribution >= 4 is 12.0 Å². The maximum absolute atomic E-state index is 11.8. The number of rotatable bonds is 4. The summed E-state index contributed by atoms with van der Waals surface area (Å²) < 4.78 is 0. The molecule has 2 aromatic carbocycles. The third kappa shape index (κ3) is 3.99. The van der Waals surface area contributed by atoms with Crippen LogP contribution in [0.5, 0.6) is 5.75 Å². The second kappa shape index (κ2) is 6.57. The lowest BCUT2D eigenvalue weighted by molar-refractivity contribution is -0.117. The van der Waals surface area contributed by atoms with Gasteiger partial charge < -0.3 is 10.4 Å². The lowest BCUT2D eigenvalue weighted by Gasteiger charge is -2.12. The fraction of sp³-hybridized carbons (Fsp3) is 0.118. The highest BCUT2D eigenvalue weighted by Crippen LogP contribution is 2.12. The Kier molecular flexibility index (Phi) is 4.56.